The zero-order chi connectivity index (χ0) is 11.3. The lowest BCUT2D eigenvalue weighted by Gasteiger charge is -2.03. The molecule has 15 heavy (non-hydrogen) atoms. The average molecular weight is 227 g/mol. The van der Waals surface area contributed by atoms with Crippen molar-refractivity contribution in [2.24, 2.45) is 11.4 Å². The standard InChI is InChI=1S/C10H17N3OS/c1-4-5-6-15(14)12-9(2)10-7-11-13(3)8-10/h7-8H,4-6H2,1-3H3. The average Bonchev–Trinajstić information content (AvgIpc) is 2.61. The first-order chi connectivity index (χ1) is 7.13. The Labute approximate surface area is 93.7 Å². The van der Waals surface area contributed by atoms with Gasteiger partial charge in [-0.15, -0.1) is 0 Å². The van der Waals surface area contributed by atoms with Gasteiger partial charge in [-0.3, -0.25) is 4.68 Å². The van der Waals surface area contributed by atoms with E-state index in [1.807, 2.05) is 20.2 Å². The van der Waals surface area contributed by atoms with E-state index in [2.05, 4.69) is 16.4 Å². The lowest BCUT2D eigenvalue weighted by molar-refractivity contribution is 0.593. The van der Waals surface area contributed by atoms with E-state index in [1.54, 1.807) is 10.9 Å². The van der Waals surface area contributed by atoms with Crippen molar-refractivity contribution in [1.82, 2.24) is 9.78 Å². The number of rotatable bonds is 5. The van der Waals surface area contributed by atoms with Crippen LogP contribution in [0.4, 0.5) is 0 Å². The molecule has 1 heterocycles. The van der Waals surface area contributed by atoms with Crippen molar-refractivity contribution >= 4 is 17.1 Å². The lowest BCUT2D eigenvalue weighted by Crippen LogP contribution is -2.06. The Morgan fingerprint density at radius 2 is 2.40 bits per heavy atom. The van der Waals surface area contributed by atoms with Crippen molar-refractivity contribution in [1.29, 1.82) is 0 Å². The van der Waals surface area contributed by atoms with Crippen LogP contribution in [0, 0.1) is 0 Å². The van der Waals surface area contributed by atoms with E-state index in [-0.39, 0.29) is 0 Å². The van der Waals surface area contributed by atoms with Crippen LogP contribution in [0.2, 0.25) is 0 Å². The second kappa shape index (κ2) is 5.92. The summed E-state index contributed by atoms with van der Waals surface area (Å²) < 4.78 is 17.3. The Bertz CT molecular complexity index is 335. The molecule has 0 aliphatic rings. The van der Waals surface area contributed by atoms with Crippen LogP contribution in [0.15, 0.2) is 16.8 Å². The molecule has 1 unspecified atom stereocenters. The number of aromatic nitrogens is 2. The Hall–Kier alpha value is -0.810. The maximum atomic E-state index is 11.5. The number of hydrogen-bond acceptors (Lipinski definition) is 3. The fraction of sp³-hybridized carbons (Fsp3) is 0.600. The normalized spacial score (nSPS) is 14.3. The summed E-state index contributed by atoms with van der Waals surface area (Å²) in [4.78, 5) is 0. The van der Waals surface area contributed by atoms with Crippen LogP contribution < -0.4 is 0 Å². The largest absolute Gasteiger partial charge is 0.591 e. The Morgan fingerprint density at radius 1 is 1.67 bits per heavy atom. The monoisotopic (exact) mass is 227 g/mol. The van der Waals surface area contributed by atoms with Crippen LogP contribution in [0.1, 0.15) is 32.3 Å². The summed E-state index contributed by atoms with van der Waals surface area (Å²) >= 11 is -1.09. The number of unbranched alkanes of at least 4 members (excludes halogenated alkanes) is 1. The quantitative estimate of drug-likeness (QED) is 0.568. The van der Waals surface area contributed by atoms with E-state index >= 15 is 0 Å². The summed E-state index contributed by atoms with van der Waals surface area (Å²) in [6.07, 6.45) is 5.61. The summed E-state index contributed by atoms with van der Waals surface area (Å²) in [5, 5.41) is 4.04. The predicted molar refractivity (Wildman–Crippen MR) is 63.3 cm³/mol. The van der Waals surface area contributed by atoms with Crippen molar-refractivity contribution in [2.45, 2.75) is 26.7 Å². The van der Waals surface area contributed by atoms with Crippen LogP contribution in [0.25, 0.3) is 0 Å². The van der Waals surface area contributed by atoms with E-state index in [0.29, 0.717) is 5.75 Å². The summed E-state index contributed by atoms with van der Waals surface area (Å²) in [5.74, 6) is 0.647. The van der Waals surface area contributed by atoms with E-state index in [1.165, 1.54) is 0 Å². The van der Waals surface area contributed by atoms with Crippen molar-refractivity contribution in [2.75, 3.05) is 5.75 Å². The van der Waals surface area contributed by atoms with Crippen LogP contribution in [-0.2, 0) is 18.4 Å². The summed E-state index contributed by atoms with van der Waals surface area (Å²) in [5.41, 5.74) is 1.72. The molecule has 0 radical (unpaired) electrons. The number of nitrogens with zero attached hydrogens (tertiary/aromatic N) is 3. The van der Waals surface area contributed by atoms with Crippen molar-refractivity contribution in [3.05, 3.63) is 18.0 Å². The topological polar surface area (TPSA) is 53.2 Å². The van der Waals surface area contributed by atoms with Gasteiger partial charge < -0.3 is 4.55 Å². The van der Waals surface area contributed by atoms with Gasteiger partial charge in [-0.1, -0.05) is 17.7 Å². The minimum absolute atomic E-state index is 0.647. The van der Waals surface area contributed by atoms with Crippen LogP contribution in [0.5, 0.6) is 0 Å². The fourth-order valence-electron chi connectivity index (χ4n) is 1.13. The first kappa shape index (κ1) is 12.3. The van der Waals surface area contributed by atoms with Crippen LogP contribution in [-0.4, -0.2) is 25.8 Å². The molecule has 1 rings (SSSR count). The SMILES string of the molecule is CCCC[S+]([O-])N=C(C)c1cnn(C)c1. The predicted octanol–water partition coefficient (Wildman–Crippen LogP) is 1.69. The third kappa shape index (κ3) is 4.05. The van der Waals surface area contributed by atoms with Crippen molar-refractivity contribution in [3.8, 4) is 0 Å². The zero-order valence-corrected chi connectivity index (χ0v) is 10.3. The summed E-state index contributed by atoms with van der Waals surface area (Å²) in [6.45, 7) is 3.94. The second-order valence-electron chi connectivity index (χ2n) is 3.46. The molecule has 5 heteroatoms. The highest BCUT2D eigenvalue weighted by atomic mass is 32.2. The van der Waals surface area contributed by atoms with E-state index in [9.17, 15) is 4.55 Å². The molecule has 1 aromatic heterocycles. The maximum absolute atomic E-state index is 11.5. The second-order valence-corrected chi connectivity index (χ2v) is 4.69. The highest BCUT2D eigenvalue weighted by Crippen LogP contribution is 2.04. The molecule has 0 fully saturated rings. The number of hydrogen-bond donors (Lipinski definition) is 0. The summed E-state index contributed by atoms with van der Waals surface area (Å²) in [7, 11) is 1.85. The molecule has 84 valence electrons. The smallest absolute Gasteiger partial charge is 0.133 e. The Kier molecular flexibility index (Phi) is 4.84. The molecule has 0 aromatic carbocycles. The van der Waals surface area contributed by atoms with Gasteiger partial charge in [-0.2, -0.15) is 5.10 Å². The molecule has 1 atom stereocenters. The fourth-order valence-corrected chi connectivity index (χ4v) is 2.16. The molecular weight excluding hydrogens is 210 g/mol. The Balaban J connectivity index is 2.58. The van der Waals surface area contributed by atoms with Gasteiger partial charge in [0, 0.05) is 18.8 Å². The van der Waals surface area contributed by atoms with Gasteiger partial charge in [-0.05, 0) is 13.3 Å². The minimum Gasteiger partial charge on any atom is -0.591 e. The zero-order valence-electron chi connectivity index (χ0n) is 9.43. The highest BCUT2D eigenvalue weighted by Gasteiger charge is 2.07. The molecule has 0 saturated carbocycles. The molecule has 4 nitrogen and oxygen atoms in total. The van der Waals surface area contributed by atoms with E-state index in [0.717, 1.165) is 24.1 Å². The maximum Gasteiger partial charge on any atom is 0.133 e. The first-order valence-corrected chi connectivity index (χ1v) is 6.34. The molecule has 0 saturated heterocycles. The minimum atomic E-state index is -1.09. The van der Waals surface area contributed by atoms with Crippen molar-refractivity contribution < 1.29 is 4.55 Å². The van der Waals surface area contributed by atoms with Gasteiger partial charge >= 0.3 is 0 Å². The Morgan fingerprint density at radius 3 is 2.93 bits per heavy atom. The third-order valence-corrected chi connectivity index (χ3v) is 3.15. The highest BCUT2D eigenvalue weighted by molar-refractivity contribution is 7.90. The van der Waals surface area contributed by atoms with Crippen molar-refractivity contribution in [3.63, 3.8) is 0 Å². The van der Waals surface area contributed by atoms with Gasteiger partial charge in [0.15, 0.2) is 0 Å². The van der Waals surface area contributed by atoms with E-state index in [4.69, 9.17) is 0 Å². The molecule has 0 aliphatic carbocycles. The summed E-state index contributed by atoms with van der Waals surface area (Å²) in [6, 6.07) is 0. The van der Waals surface area contributed by atoms with Gasteiger partial charge in [0.05, 0.1) is 23.3 Å². The first-order valence-electron chi connectivity index (χ1n) is 5.06. The third-order valence-electron chi connectivity index (χ3n) is 2.03. The molecule has 0 amide bonds. The molecule has 0 aliphatic heterocycles. The molecule has 0 bridgehead atoms. The van der Waals surface area contributed by atoms with Crippen LogP contribution >= 0.6 is 0 Å². The molecular formula is C10H17N3OS. The van der Waals surface area contributed by atoms with E-state index < -0.39 is 11.4 Å². The molecule has 0 N–H and O–H groups in total. The lowest BCUT2D eigenvalue weighted by atomic mass is 10.2. The van der Waals surface area contributed by atoms with Crippen LogP contribution in [0.3, 0.4) is 0 Å². The molecule has 1 aromatic rings. The van der Waals surface area contributed by atoms with Gasteiger partial charge in [0.25, 0.3) is 0 Å². The number of aryl methyl sites for hydroxylation is 1. The van der Waals surface area contributed by atoms with Gasteiger partial charge in [0.1, 0.15) is 5.75 Å². The van der Waals surface area contributed by atoms with Gasteiger partial charge in [-0.25, -0.2) is 0 Å². The molecule has 0 spiro atoms. The van der Waals surface area contributed by atoms with Gasteiger partial charge in [0.2, 0.25) is 0 Å².